The quantitative estimate of drug-likeness (QED) is 0.615. The lowest BCUT2D eigenvalue weighted by Crippen LogP contribution is -2.47. The second-order valence-electron chi connectivity index (χ2n) is 5.38. The molecule has 0 amide bonds. The molecule has 1 fully saturated rings. The van der Waals surface area contributed by atoms with E-state index >= 15 is 0 Å². The van der Waals surface area contributed by atoms with Crippen molar-refractivity contribution in [2.75, 3.05) is 0 Å². The molecule has 0 unspecified atom stereocenters. The number of esters is 1. The van der Waals surface area contributed by atoms with Crippen molar-refractivity contribution in [3.05, 3.63) is 34.3 Å². The van der Waals surface area contributed by atoms with E-state index in [1.807, 2.05) is 31.2 Å². The van der Waals surface area contributed by atoms with Crippen LogP contribution in [0.4, 0.5) is 0 Å². The zero-order valence-corrected chi connectivity index (χ0v) is 12.9. The summed E-state index contributed by atoms with van der Waals surface area (Å²) in [4.78, 5) is 24.4. The lowest BCUT2D eigenvalue weighted by atomic mass is 9.74. The van der Waals surface area contributed by atoms with Gasteiger partial charge in [-0.15, -0.1) is 0 Å². The Labute approximate surface area is 121 Å². The van der Waals surface area contributed by atoms with Crippen molar-refractivity contribution >= 4 is 27.7 Å². The summed E-state index contributed by atoms with van der Waals surface area (Å²) in [5.41, 5.74) is -0.179. The van der Waals surface area contributed by atoms with Crippen LogP contribution in [0.15, 0.2) is 28.7 Å². The van der Waals surface area contributed by atoms with Gasteiger partial charge < -0.3 is 4.74 Å². The van der Waals surface area contributed by atoms with Crippen molar-refractivity contribution in [3.63, 3.8) is 0 Å². The summed E-state index contributed by atoms with van der Waals surface area (Å²) >= 11 is 3.40. The van der Waals surface area contributed by atoms with Crippen molar-refractivity contribution in [1.29, 1.82) is 0 Å². The highest BCUT2D eigenvalue weighted by molar-refractivity contribution is 9.10. The fourth-order valence-corrected chi connectivity index (χ4v) is 2.85. The maximum atomic E-state index is 12.4. The van der Waals surface area contributed by atoms with Gasteiger partial charge >= 0.3 is 5.97 Å². The minimum absolute atomic E-state index is 0.0313. The van der Waals surface area contributed by atoms with Gasteiger partial charge in [-0.05, 0) is 38.0 Å². The normalized spacial score (nSPS) is 26.1. The van der Waals surface area contributed by atoms with E-state index in [4.69, 9.17) is 4.74 Å². The van der Waals surface area contributed by atoms with E-state index in [2.05, 4.69) is 15.9 Å². The Kier molecular flexibility index (Phi) is 3.81. The first kappa shape index (κ1) is 14.3. The van der Waals surface area contributed by atoms with Gasteiger partial charge in [-0.2, -0.15) is 0 Å². The number of ether oxygens (including phenoxy) is 1. The molecule has 19 heavy (non-hydrogen) atoms. The molecule has 1 aromatic carbocycles. The van der Waals surface area contributed by atoms with E-state index in [-0.39, 0.29) is 11.7 Å². The fourth-order valence-electron chi connectivity index (χ4n) is 2.43. The lowest BCUT2D eigenvalue weighted by molar-refractivity contribution is -0.179. The van der Waals surface area contributed by atoms with E-state index in [0.717, 1.165) is 10.0 Å². The molecule has 0 radical (unpaired) electrons. The molecule has 102 valence electrons. The number of carbonyl (C=O) groups is 2. The van der Waals surface area contributed by atoms with Crippen molar-refractivity contribution in [3.8, 4) is 0 Å². The molecule has 1 aliphatic rings. The van der Waals surface area contributed by atoms with Gasteiger partial charge in [0, 0.05) is 4.47 Å². The second kappa shape index (κ2) is 5.08. The molecular weight excluding hydrogens is 308 g/mol. The number of hydrogen-bond donors (Lipinski definition) is 0. The minimum Gasteiger partial charge on any atom is -0.456 e. The van der Waals surface area contributed by atoms with Crippen LogP contribution in [0.1, 0.15) is 38.9 Å². The molecule has 1 aromatic rings. The molecule has 0 aromatic heterocycles. The molecule has 0 aliphatic carbocycles. The number of cyclic esters (lactones) is 1. The SMILES string of the molecule is CC[C@@H]1C(=O)C(C)(C)C(=O)O[C@@H]1c1cccc(Br)c1. The Hall–Kier alpha value is -1.16. The van der Waals surface area contributed by atoms with Gasteiger partial charge in [0.25, 0.3) is 0 Å². The molecule has 3 nitrogen and oxygen atoms in total. The van der Waals surface area contributed by atoms with Crippen molar-refractivity contribution < 1.29 is 14.3 Å². The molecule has 0 N–H and O–H groups in total. The average Bonchev–Trinajstić information content (AvgIpc) is 2.36. The zero-order chi connectivity index (χ0) is 14.2. The predicted octanol–water partition coefficient (Wildman–Crippen LogP) is 3.67. The number of rotatable bonds is 2. The monoisotopic (exact) mass is 324 g/mol. The number of Topliss-reactive ketones (excluding diaryl/α,β-unsaturated/α-hetero) is 1. The van der Waals surface area contributed by atoms with Crippen LogP contribution in [0.5, 0.6) is 0 Å². The zero-order valence-electron chi connectivity index (χ0n) is 11.3. The molecule has 0 bridgehead atoms. The highest BCUT2D eigenvalue weighted by atomic mass is 79.9. The third kappa shape index (κ3) is 2.46. The van der Waals surface area contributed by atoms with E-state index in [1.54, 1.807) is 13.8 Å². The second-order valence-corrected chi connectivity index (χ2v) is 6.30. The first-order chi connectivity index (χ1) is 8.87. The first-order valence-corrected chi connectivity index (χ1v) is 7.18. The molecule has 1 heterocycles. The van der Waals surface area contributed by atoms with E-state index in [1.165, 1.54) is 0 Å². The third-order valence-electron chi connectivity index (χ3n) is 3.68. The van der Waals surface area contributed by atoms with Crippen LogP contribution in [0.2, 0.25) is 0 Å². The summed E-state index contributed by atoms with van der Waals surface area (Å²) < 4.78 is 6.45. The van der Waals surface area contributed by atoms with Crippen LogP contribution in [-0.2, 0) is 14.3 Å². The van der Waals surface area contributed by atoms with E-state index in [0.29, 0.717) is 6.42 Å². The van der Waals surface area contributed by atoms with Crippen molar-refractivity contribution in [2.24, 2.45) is 11.3 Å². The predicted molar refractivity (Wildman–Crippen MR) is 75.5 cm³/mol. The summed E-state index contributed by atoms with van der Waals surface area (Å²) in [7, 11) is 0. The standard InChI is InChI=1S/C15H17BrO3/c1-4-11-12(9-6-5-7-10(16)8-9)19-14(18)15(2,3)13(11)17/h5-8,11-12H,4H2,1-3H3/t11-,12+/m0/s1. The largest absolute Gasteiger partial charge is 0.456 e. The molecule has 1 saturated heterocycles. The van der Waals surface area contributed by atoms with Crippen molar-refractivity contribution in [2.45, 2.75) is 33.3 Å². The van der Waals surface area contributed by atoms with Crippen LogP contribution in [-0.4, -0.2) is 11.8 Å². The Morgan fingerprint density at radius 2 is 2.00 bits per heavy atom. The molecule has 1 aliphatic heterocycles. The minimum atomic E-state index is -1.04. The number of hydrogen-bond acceptors (Lipinski definition) is 3. The van der Waals surface area contributed by atoms with Crippen LogP contribution in [0.25, 0.3) is 0 Å². The number of ketones is 1. The fraction of sp³-hybridized carbons (Fsp3) is 0.467. The molecule has 0 saturated carbocycles. The van der Waals surface area contributed by atoms with Gasteiger partial charge in [0.15, 0.2) is 5.78 Å². The van der Waals surface area contributed by atoms with Gasteiger partial charge in [0.1, 0.15) is 11.5 Å². The molecule has 0 spiro atoms. The number of carbonyl (C=O) groups excluding carboxylic acids is 2. The van der Waals surface area contributed by atoms with Crippen LogP contribution in [0, 0.1) is 11.3 Å². The molecule has 2 atom stereocenters. The summed E-state index contributed by atoms with van der Waals surface area (Å²) in [6.07, 6.45) is 0.183. The highest BCUT2D eigenvalue weighted by Gasteiger charge is 2.50. The number of halogens is 1. The average molecular weight is 325 g/mol. The summed E-state index contributed by atoms with van der Waals surface area (Å²) in [5.74, 6) is -0.745. The van der Waals surface area contributed by atoms with Gasteiger partial charge in [-0.3, -0.25) is 9.59 Å². The van der Waals surface area contributed by atoms with Gasteiger partial charge in [0.05, 0.1) is 5.92 Å². The van der Waals surface area contributed by atoms with Crippen LogP contribution < -0.4 is 0 Å². The Morgan fingerprint density at radius 3 is 2.58 bits per heavy atom. The summed E-state index contributed by atoms with van der Waals surface area (Å²) in [6, 6.07) is 7.56. The van der Waals surface area contributed by atoms with Gasteiger partial charge in [-0.25, -0.2) is 0 Å². The maximum absolute atomic E-state index is 12.4. The topological polar surface area (TPSA) is 43.4 Å². The third-order valence-corrected chi connectivity index (χ3v) is 4.17. The summed E-state index contributed by atoms with van der Waals surface area (Å²) in [5, 5.41) is 0. The lowest BCUT2D eigenvalue weighted by Gasteiger charge is -2.37. The van der Waals surface area contributed by atoms with Crippen LogP contribution >= 0.6 is 15.9 Å². The Bertz CT molecular complexity index is 522. The first-order valence-electron chi connectivity index (χ1n) is 6.38. The molecular formula is C15H17BrO3. The van der Waals surface area contributed by atoms with Gasteiger partial charge in [0.2, 0.25) is 0 Å². The Balaban J connectivity index is 2.41. The van der Waals surface area contributed by atoms with Crippen molar-refractivity contribution in [1.82, 2.24) is 0 Å². The smallest absolute Gasteiger partial charge is 0.319 e. The maximum Gasteiger partial charge on any atom is 0.319 e. The van der Waals surface area contributed by atoms with Gasteiger partial charge in [-0.1, -0.05) is 35.0 Å². The number of benzene rings is 1. The molecule has 2 rings (SSSR count). The molecule has 4 heteroatoms. The van der Waals surface area contributed by atoms with Crippen LogP contribution in [0.3, 0.4) is 0 Å². The van der Waals surface area contributed by atoms with E-state index < -0.39 is 17.5 Å². The summed E-state index contributed by atoms with van der Waals surface area (Å²) in [6.45, 7) is 5.22. The Morgan fingerprint density at radius 1 is 1.32 bits per heavy atom. The van der Waals surface area contributed by atoms with E-state index in [9.17, 15) is 9.59 Å². The highest BCUT2D eigenvalue weighted by Crippen LogP contribution is 2.41.